The number of rotatable bonds is 4. The van der Waals surface area contributed by atoms with E-state index in [0.717, 1.165) is 19.1 Å². The Morgan fingerprint density at radius 2 is 1.62 bits per heavy atom. The fraction of sp³-hybridized carbons (Fsp3) is 0.737. The molecular weight excluding hydrogens is 258 g/mol. The lowest BCUT2D eigenvalue weighted by Gasteiger charge is -2.07. The van der Waals surface area contributed by atoms with Crippen molar-refractivity contribution in [1.82, 2.24) is 0 Å². The van der Waals surface area contributed by atoms with Crippen LogP contribution in [-0.2, 0) is 0 Å². The predicted octanol–water partition coefficient (Wildman–Crippen LogP) is 6.73. The summed E-state index contributed by atoms with van der Waals surface area (Å²) in [6, 6.07) is 0.170. The Balaban J connectivity index is -0.000000301. The average Bonchev–Trinajstić information content (AvgIpc) is 2.93. The Kier molecular flexibility index (Phi) is 25.2. The van der Waals surface area contributed by atoms with Crippen LogP contribution in [0.4, 0.5) is 0 Å². The monoisotopic (exact) mass is 297 g/mol. The number of unbranched alkanes of at least 4 members (excludes halogenated alkanes) is 1. The van der Waals surface area contributed by atoms with E-state index in [1.54, 1.807) is 6.08 Å². The molecule has 21 heavy (non-hydrogen) atoms. The van der Waals surface area contributed by atoms with Gasteiger partial charge in [-0.25, -0.2) is 0 Å². The number of nitrogens with zero attached hydrogens (tertiary/aromatic N) is 1. The van der Waals surface area contributed by atoms with Crippen molar-refractivity contribution in [2.75, 3.05) is 0 Å². The van der Waals surface area contributed by atoms with E-state index in [2.05, 4.69) is 46.2 Å². The highest BCUT2D eigenvalue weighted by molar-refractivity contribution is 5.86. The summed E-state index contributed by atoms with van der Waals surface area (Å²) in [6.07, 6.45) is 10.6. The second kappa shape index (κ2) is 21.3. The molecule has 0 aromatic carbocycles. The van der Waals surface area contributed by atoms with Crippen LogP contribution < -0.4 is 0 Å². The molecular formula is C19H39NO. The quantitative estimate of drug-likeness (QED) is 0.452. The maximum Gasteiger partial charge on any atom is 0.0755 e. The summed E-state index contributed by atoms with van der Waals surface area (Å²) in [7, 11) is 0. The highest BCUT2D eigenvalue weighted by Gasteiger charge is 2.23. The molecule has 2 nitrogen and oxygen atoms in total. The molecule has 2 heteroatoms. The van der Waals surface area contributed by atoms with Gasteiger partial charge in [-0.05, 0) is 18.9 Å². The summed E-state index contributed by atoms with van der Waals surface area (Å²) in [5.41, 5.74) is 1.23. The number of aliphatic hydroxyl groups excluding tert-OH is 1. The van der Waals surface area contributed by atoms with Crippen LogP contribution in [0.2, 0.25) is 0 Å². The molecule has 1 N–H and O–H groups in total. The van der Waals surface area contributed by atoms with Gasteiger partial charge >= 0.3 is 0 Å². The minimum Gasteiger partial charge on any atom is -0.516 e. The molecule has 0 amide bonds. The molecule has 2 atom stereocenters. The smallest absolute Gasteiger partial charge is 0.0755 e. The minimum atomic E-state index is 0.170. The van der Waals surface area contributed by atoms with Crippen LogP contribution in [-0.4, -0.2) is 16.9 Å². The minimum absolute atomic E-state index is 0.170. The zero-order valence-electron chi connectivity index (χ0n) is 15.5. The SMILES string of the molecule is C=CC1N=C(CC)CC1/C=C/O.CC.CCC.CCCC. The topological polar surface area (TPSA) is 32.6 Å². The van der Waals surface area contributed by atoms with Crippen LogP contribution in [0, 0.1) is 5.92 Å². The predicted molar refractivity (Wildman–Crippen MR) is 99.5 cm³/mol. The Morgan fingerprint density at radius 1 is 1.14 bits per heavy atom. The zero-order valence-corrected chi connectivity index (χ0v) is 15.5. The van der Waals surface area contributed by atoms with Crippen molar-refractivity contribution < 1.29 is 5.11 Å². The third kappa shape index (κ3) is 15.2. The fourth-order valence-electron chi connectivity index (χ4n) is 1.51. The number of hydrogen-bond donors (Lipinski definition) is 1. The van der Waals surface area contributed by atoms with Crippen LogP contribution in [0.1, 0.15) is 80.6 Å². The number of aliphatic imine (C=N–C) groups is 1. The fourth-order valence-corrected chi connectivity index (χ4v) is 1.51. The van der Waals surface area contributed by atoms with Gasteiger partial charge in [0.1, 0.15) is 0 Å². The standard InChI is InChI=1S/C10H15NO.C4H10.C3H8.C2H6/c1-3-9-7-8(5-6-12)10(4-2)11-9;1-3-4-2;1-3-2;1-2/h4-6,8,10,12H,2-3,7H2,1H3;3-4H2,1-2H3;3H2,1-2H3;1-2H3/b6-5+;;;. The number of aliphatic hydroxyl groups is 1. The first-order valence-corrected chi connectivity index (χ1v) is 8.63. The average molecular weight is 298 g/mol. The van der Waals surface area contributed by atoms with E-state index in [1.165, 1.54) is 25.0 Å². The summed E-state index contributed by atoms with van der Waals surface area (Å²) in [6.45, 7) is 18.4. The largest absolute Gasteiger partial charge is 0.516 e. The van der Waals surface area contributed by atoms with Crippen LogP contribution in [0.3, 0.4) is 0 Å². The third-order valence-corrected chi connectivity index (χ3v) is 2.72. The van der Waals surface area contributed by atoms with Crippen molar-refractivity contribution >= 4 is 5.71 Å². The first-order valence-electron chi connectivity index (χ1n) is 8.63. The highest BCUT2D eigenvalue weighted by atomic mass is 16.2. The first kappa shape index (κ1) is 24.9. The molecule has 1 aliphatic rings. The molecule has 1 heterocycles. The Labute approximate surface area is 134 Å². The Hall–Kier alpha value is -1.05. The first-order chi connectivity index (χ1) is 10.1. The maximum atomic E-state index is 8.63. The highest BCUT2D eigenvalue weighted by Crippen LogP contribution is 2.24. The van der Waals surface area contributed by atoms with E-state index >= 15 is 0 Å². The molecule has 1 aliphatic heterocycles. The molecule has 0 bridgehead atoms. The van der Waals surface area contributed by atoms with Crippen molar-refractivity contribution in [2.24, 2.45) is 10.9 Å². The molecule has 0 aliphatic carbocycles. The van der Waals surface area contributed by atoms with E-state index < -0.39 is 0 Å². The van der Waals surface area contributed by atoms with Gasteiger partial charge in [0.05, 0.1) is 12.3 Å². The molecule has 0 spiro atoms. The Morgan fingerprint density at radius 3 is 1.90 bits per heavy atom. The van der Waals surface area contributed by atoms with Gasteiger partial charge in [0.15, 0.2) is 0 Å². The summed E-state index contributed by atoms with van der Waals surface area (Å²) in [4.78, 5) is 4.46. The summed E-state index contributed by atoms with van der Waals surface area (Å²) in [5, 5.41) is 8.63. The van der Waals surface area contributed by atoms with Crippen molar-refractivity contribution in [1.29, 1.82) is 0 Å². The summed E-state index contributed by atoms with van der Waals surface area (Å²) in [5.74, 6) is 0.322. The van der Waals surface area contributed by atoms with Crippen LogP contribution in [0.5, 0.6) is 0 Å². The van der Waals surface area contributed by atoms with Gasteiger partial charge in [0.25, 0.3) is 0 Å². The van der Waals surface area contributed by atoms with Crippen molar-refractivity contribution in [2.45, 2.75) is 86.6 Å². The van der Waals surface area contributed by atoms with Gasteiger partial charge in [0.2, 0.25) is 0 Å². The van der Waals surface area contributed by atoms with E-state index in [-0.39, 0.29) is 6.04 Å². The summed E-state index contributed by atoms with van der Waals surface area (Å²) < 4.78 is 0. The molecule has 126 valence electrons. The molecule has 1 rings (SSSR count). The third-order valence-electron chi connectivity index (χ3n) is 2.72. The Bertz CT molecular complexity index is 254. The van der Waals surface area contributed by atoms with Gasteiger partial charge in [-0.1, -0.05) is 73.8 Å². The van der Waals surface area contributed by atoms with Crippen LogP contribution in [0.15, 0.2) is 30.0 Å². The second-order valence-corrected chi connectivity index (χ2v) is 4.69. The molecule has 2 unspecified atom stereocenters. The van der Waals surface area contributed by atoms with Gasteiger partial charge in [0, 0.05) is 11.6 Å². The molecule has 0 saturated carbocycles. The van der Waals surface area contributed by atoms with Gasteiger partial charge in [-0.3, -0.25) is 4.99 Å². The lowest BCUT2D eigenvalue weighted by molar-refractivity contribution is 0.462. The second-order valence-electron chi connectivity index (χ2n) is 4.69. The van der Waals surface area contributed by atoms with E-state index in [1.807, 2.05) is 19.9 Å². The van der Waals surface area contributed by atoms with E-state index in [0.29, 0.717) is 5.92 Å². The van der Waals surface area contributed by atoms with Crippen molar-refractivity contribution in [3.63, 3.8) is 0 Å². The lowest BCUT2D eigenvalue weighted by Crippen LogP contribution is -2.07. The van der Waals surface area contributed by atoms with Gasteiger partial charge in [-0.2, -0.15) is 0 Å². The van der Waals surface area contributed by atoms with E-state index in [4.69, 9.17) is 5.11 Å². The molecule has 0 aromatic heterocycles. The molecule has 0 fully saturated rings. The zero-order chi connectivity index (χ0) is 17.1. The van der Waals surface area contributed by atoms with Gasteiger partial charge in [-0.15, -0.1) is 6.58 Å². The molecule has 0 aromatic rings. The van der Waals surface area contributed by atoms with Crippen LogP contribution >= 0.6 is 0 Å². The molecule has 0 radical (unpaired) electrons. The number of hydrogen-bond acceptors (Lipinski definition) is 2. The van der Waals surface area contributed by atoms with E-state index in [9.17, 15) is 0 Å². The maximum absolute atomic E-state index is 8.63. The normalized spacial score (nSPS) is 19.3. The van der Waals surface area contributed by atoms with Gasteiger partial charge < -0.3 is 5.11 Å². The van der Waals surface area contributed by atoms with Crippen molar-refractivity contribution in [3.05, 3.63) is 25.0 Å². The lowest BCUT2D eigenvalue weighted by atomic mass is 9.98. The van der Waals surface area contributed by atoms with Crippen molar-refractivity contribution in [3.8, 4) is 0 Å². The molecule has 0 saturated heterocycles. The van der Waals surface area contributed by atoms with Crippen LogP contribution in [0.25, 0.3) is 0 Å². The summed E-state index contributed by atoms with van der Waals surface area (Å²) >= 11 is 0.